The van der Waals surface area contributed by atoms with Gasteiger partial charge in [-0.25, -0.2) is 0 Å². The average molecular weight is 181 g/mol. The molecule has 74 valence electrons. The van der Waals surface area contributed by atoms with Gasteiger partial charge < -0.3 is 10.5 Å². The van der Waals surface area contributed by atoms with E-state index in [1.807, 2.05) is 0 Å². The van der Waals surface area contributed by atoms with Crippen molar-refractivity contribution in [2.24, 2.45) is 23.0 Å². The van der Waals surface area contributed by atoms with Crippen LogP contribution >= 0.6 is 0 Å². The van der Waals surface area contributed by atoms with Crippen LogP contribution in [0.3, 0.4) is 0 Å². The van der Waals surface area contributed by atoms with Crippen LogP contribution in [0, 0.1) is 17.3 Å². The quantitative estimate of drug-likeness (QED) is 0.666. The molecule has 0 aromatic heterocycles. The summed E-state index contributed by atoms with van der Waals surface area (Å²) < 4.78 is 5.47. The largest absolute Gasteiger partial charge is 0.381 e. The van der Waals surface area contributed by atoms with E-state index >= 15 is 0 Å². The maximum atomic E-state index is 6.14. The van der Waals surface area contributed by atoms with Gasteiger partial charge in [0, 0.05) is 19.3 Å². The summed E-state index contributed by atoms with van der Waals surface area (Å²) in [6.45, 7) is 2.01. The highest BCUT2D eigenvalue weighted by Gasteiger charge is 2.58. The van der Waals surface area contributed by atoms with Gasteiger partial charge in [-0.1, -0.05) is 6.42 Å². The van der Waals surface area contributed by atoms with Crippen molar-refractivity contribution in [1.29, 1.82) is 0 Å². The zero-order chi connectivity index (χ0) is 8.89. The lowest BCUT2D eigenvalue weighted by atomic mass is 9.44. The SMILES string of the molecule is NC1CC(C2CCOC2)C12CCC2. The van der Waals surface area contributed by atoms with Gasteiger partial charge in [0.1, 0.15) is 0 Å². The van der Waals surface area contributed by atoms with Gasteiger partial charge in [0.25, 0.3) is 0 Å². The van der Waals surface area contributed by atoms with Crippen LogP contribution < -0.4 is 5.73 Å². The summed E-state index contributed by atoms with van der Waals surface area (Å²) >= 11 is 0. The first-order chi connectivity index (χ1) is 6.33. The van der Waals surface area contributed by atoms with Crippen molar-refractivity contribution in [3.63, 3.8) is 0 Å². The summed E-state index contributed by atoms with van der Waals surface area (Å²) in [4.78, 5) is 0. The summed E-state index contributed by atoms with van der Waals surface area (Å²) in [6, 6.07) is 0.520. The van der Waals surface area contributed by atoms with E-state index in [2.05, 4.69) is 0 Å². The first-order valence-electron chi connectivity index (χ1n) is 5.66. The Balaban J connectivity index is 1.71. The minimum Gasteiger partial charge on any atom is -0.381 e. The van der Waals surface area contributed by atoms with Gasteiger partial charge in [-0.2, -0.15) is 0 Å². The molecule has 3 fully saturated rings. The van der Waals surface area contributed by atoms with Crippen LogP contribution in [0.4, 0.5) is 0 Å². The van der Waals surface area contributed by atoms with Crippen molar-refractivity contribution in [2.45, 2.75) is 38.1 Å². The van der Waals surface area contributed by atoms with Crippen LogP contribution in [0.2, 0.25) is 0 Å². The van der Waals surface area contributed by atoms with E-state index < -0.39 is 0 Å². The molecule has 2 aliphatic carbocycles. The first kappa shape index (κ1) is 8.25. The molecule has 2 N–H and O–H groups in total. The Morgan fingerprint density at radius 2 is 2.15 bits per heavy atom. The fraction of sp³-hybridized carbons (Fsp3) is 1.00. The summed E-state index contributed by atoms with van der Waals surface area (Å²) in [5.74, 6) is 1.76. The Labute approximate surface area is 79.8 Å². The third-order valence-corrected chi connectivity index (χ3v) is 4.80. The molecule has 2 nitrogen and oxygen atoms in total. The van der Waals surface area contributed by atoms with Crippen molar-refractivity contribution >= 4 is 0 Å². The van der Waals surface area contributed by atoms with Crippen LogP contribution in [0.15, 0.2) is 0 Å². The zero-order valence-electron chi connectivity index (χ0n) is 8.17. The molecular weight excluding hydrogens is 162 g/mol. The average Bonchev–Trinajstić information content (AvgIpc) is 2.48. The Hall–Kier alpha value is -0.0800. The minimum atomic E-state index is 0.520. The maximum Gasteiger partial charge on any atom is 0.0497 e. The Bertz CT molecular complexity index is 206. The van der Waals surface area contributed by atoms with E-state index in [4.69, 9.17) is 10.5 Å². The lowest BCUT2D eigenvalue weighted by molar-refractivity contribution is -0.102. The molecule has 0 aromatic rings. The molecule has 3 atom stereocenters. The molecule has 2 heteroatoms. The monoisotopic (exact) mass is 181 g/mol. The topological polar surface area (TPSA) is 35.2 Å². The highest BCUT2D eigenvalue weighted by Crippen LogP contribution is 2.62. The number of nitrogens with two attached hydrogens (primary N) is 1. The summed E-state index contributed by atoms with van der Waals surface area (Å²) in [5.41, 5.74) is 6.72. The van der Waals surface area contributed by atoms with Gasteiger partial charge in [-0.3, -0.25) is 0 Å². The van der Waals surface area contributed by atoms with Gasteiger partial charge in [-0.15, -0.1) is 0 Å². The van der Waals surface area contributed by atoms with E-state index in [1.165, 1.54) is 32.1 Å². The van der Waals surface area contributed by atoms with Crippen molar-refractivity contribution in [3.05, 3.63) is 0 Å². The third-order valence-electron chi connectivity index (χ3n) is 4.80. The molecular formula is C11H19NO. The van der Waals surface area contributed by atoms with Crippen LogP contribution in [-0.4, -0.2) is 19.3 Å². The Kier molecular flexibility index (Phi) is 1.72. The van der Waals surface area contributed by atoms with Gasteiger partial charge in [-0.05, 0) is 42.9 Å². The molecule has 0 radical (unpaired) electrons. The number of ether oxygens (including phenoxy) is 1. The Morgan fingerprint density at radius 1 is 1.31 bits per heavy atom. The lowest BCUT2D eigenvalue weighted by Gasteiger charge is -2.62. The van der Waals surface area contributed by atoms with Gasteiger partial charge in [0.2, 0.25) is 0 Å². The molecule has 1 saturated heterocycles. The van der Waals surface area contributed by atoms with Crippen molar-refractivity contribution in [2.75, 3.05) is 13.2 Å². The molecule has 0 aromatic carbocycles. The summed E-state index contributed by atoms with van der Waals surface area (Å²) in [6.07, 6.45) is 6.77. The fourth-order valence-electron chi connectivity index (χ4n) is 3.72. The van der Waals surface area contributed by atoms with E-state index in [1.54, 1.807) is 0 Å². The third kappa shape index (κ3) is 0.962. The number of hydrogen-bond acceptors (Lipinski definition) is 2. The van der Waals surface area contributed by atoms with Gasteiger partial charge in [0.05, 0.1) is 0 Å². The maximum absolute atomic E-state index is 6.14. The molecule has 3 aliphatic rings. The van der Waals surface area contributed by atoms with Gasteiger partial charge in [0.15, 0.2) is 0 Å². The Morgan fingerprint density at radius 3 is 2.62 bits per heavy atom. The molecule has 3 rings (SSSR count). The second-order valence-corrected chi connectivity index (χ2v) is 5.16. The lowest BCUT2D eigenvalue weighted by Crippen LogP contribution is -2.63. The standard InChI is InChI=1S/C11H19NO/c12-10-6-9(8-2-5-13-7-8)11(10)3-1-4-11/h8-10H,1-7,12H2. The summed E-state index contributed by atoms with van der Waals surface area (Å²) in [5, 5.41) is 0. The zero-order valence-corrected chi connectivity index (χ0v) is 8.17. The predicted octanol–water partition coefficient (Wildman–Crippen LogP) is 1.54. The van der Waals surface area contributed by atoms with Crippen molar-refractivity contribution < 1.29 is 4.74 Å². The second kappa shape index (κ2) is 2.71. The predicted molar refractivity (Wildman–Crippen MR) is 51.3 cm³/mol. The van der Waals surface area contributed by atoms with E-state index in [-0.39, 0.29) is 0 Å². The number of rotatable bonds is 1. The second-order valence-electron chi connectivity index (χ2n) is 5.16. The van der Waals surface area contributed by atoms with Crippen LogP contribution in [0.25, 0.3) is 0 Å². The molecule has 1 spiro atoms. The molecule has 1 heterocycles. The molecule has 0 bridgehead atoms. The highest BCUT2D eigenvalue weighted by atomic mass is 16.5. The minimum absolute atomic E-state index is 0.520. The van der Waals surface area contributed by atoms with Crippen molar-refractivity contribution in [3.8, 4) is 0 Å². The molecule has 3 unspecified atom stereocenters. The first-order valence-corrected chi connectivity index (χ1v) is 5.66. The van der Waals surface area contributed by atoms with E-state index in [0.29, 0.717) is 11.5 Å². The summed E-state index contributed by atoms with van der Waals surface area (Å²) in [7, 11) is 0. The molecule has 2 saturated carbocycles. The van der Waals surface area contributed by atoms with E-state index in [0.717, 1.165) is 25.0 Å². The normalized spacial score (nSPS) is 47.3. The van der Waals surface area contributed by atoms with E-state index in [9.17, 15) is 0 Å². The van der Waals surface area contributed by atoms with Gasteiger partial charge >= 0.3 is 0 Å². The van der Waals surface area contributed by atoms with Crippen LogP contribution in [0.5, 0.6) is 0 Å². The van der Waals surface area contributed by atoms with Crippen LogP contribution in [0.1, 0.15) is 32.1 Å². The number of hydrogen-bond donors (Lipinski definition) is 1. The molecule has 13 heavy (non-hydrogen) atoms. The highest BCUT2D eigenvalue weighted by molar-refractivity contribution is 5.11. The fourth-order valence-corrected chi connectivity index (χ4v) is 3.72. The smallest absolute Gasteiger partial charge is 0.0497 e. The molecule has 0 amide bonds. The van der Waals surface area contributed by atoms with Crippen LogP contribution in [-0.2, 0) is 4.74 Å². The van der Waals surface area contributed by atoms with Crippen molar-refractivity contribution in [1.82, 2.24) is 0 Å². The molecule has 1 aliphatic heterocycles.